The maximum absolute atomic E-state index is 9.23. The Hall–Kier alpha value is -0.760. The second kappa shape index (κ2) is 3.97. The number of hydrogen-bond acceptors (Lipinski definition) is 2. The Bertz CT molecular complexity index is 285. The molecule has 0 amide bonds. The lowest BCUT2D eigenvalue weighted by atomic mass is 9.98. The van der Waals surface area contributed by atoms with Crippen LogP contribution in [0.4, 0.5) is 0 Å². The first kappa shape index (κ1) is 10.3. The van der Waals surface area contributed by atoms with E-state index in [1.807, 2.05) is 13.8 Å². The predicted molar refractivity (Wildman–Crippen MR) is 52.8 cm³/mol. The van der Waals surface area contributed by atoms with E-state index in [0.717, 1.165) is 23.5 Å². The molecule has 0 unspecified atom stereocenters. The molecule has 0 aliphatic carbocycles. The molecule has 0 saturated carbocycles. The topological polar surface area (TPSA) is 33.4 Å². The number of aliphatic hydroxyl groups is 1. The summed E-state index contributed by atoms with van der Waals surface area (Å²) in [6.45, 7) is 8.34. The molecule has 0 atom stereocenters. The van der Waals surface area contributed by atoms with Crippen molar-refractivity contribution < 1.29 is 9.52 Å². The molecule has 13 heavy (non-hydrogen) atoms. The van der Waals surface area contributed by atoms with Crippen LogP contribution in [0.2, 0.25) is 0 Å². The van der Waals surface area contributed by atoms with Gasteiger partial charge in [0, 0.05) is 17.5 Å². The molecule has 0 fully saturated rings. The second-order valence-electron chi connectivity index (χ2n) is 3.64. The Kier molecular flexibility index (Phi) is 3.15. The summed E-state index contributed by atoms with van der Waals surface area (Å²) < 4.78 is 5.59. The van der Waals surface area contributed by atoms with Gasteiger partial charge in [-0.3, -0.25) is 0 Å². The van der Waals surface area contributed by atoms with E-state index in [9.17, 15) is 5.11 Å². The van der Waals surface area contributed by atoms with Crippen molar-refractivity contribution in [3.05, 3.63) is 22.6 Å². The fraction of sp³-hybridized carbons (Fsp3) is 0.636. The van der Waals surface area contributed by atoms with Crippen molar-refractivity contribution in [1.82, 2.24) is 0 Å². The molecule has 74 valence electrons. The molecule has 2 heteroatoms. The third kappa shape index (κ3) is 1.78. The summed E-state index contributed by atoms with van der Waals surface area (Å²) in [5.41, 5.74) is 2.18. The standard InChI is InChI=1S/C11H18O2/c1-5-10-9(6-12)11(7(2)3)8(4)13-10/h7,12H,5-6H2,1-4H3. The van der Waals surface area contributed by atoms with Gasteiger partial charge in [0.25, 0.3) is 0 Å². The molecule has 0 spiro atoms. The molecule has 1 heterocycles. The zero-order chi connectivity index (χ0) is 10.0. The molecular weight excluding hydrogens is 164 g/mol. The predicted octanol–water partition coefficient (Wildman–Crippen LogP) is 2.77. The van der Waals surface area contributed by atoms with Crippen molar-refractivity contribution in [2.75, 3.05) is 0 Å². The van der Waals surface area contributed by atoms with Crippen molar-refractivity contribution >= 4 is 0 Å². The zero-order valence-electron chi connectivity index (χ0n) is 8.85. The minimum Gasteiger partial charge on any atom is -0.466 e. The van der Waals surface area contributed by atoms with E-state index >= 15 is 0 Å². The first-order valence-electron chi connectivity index (χ1n) is 4.83. The average Bonchev–Trinajstić information content (AvgIpc) is 2.41. The summed E-state index contributed by atoms with van der Waals surface area (Å²) in [6, 6.07) is 0. The Labute approximate surface area is 79.6 Å². The summed E-state index contributed by atoms with van der Waals surface area (Å²) in [5, 5.41) is 9.23. The number of aryl methyl sites for hydroxylation is 2. The lowest BCUT2D eigenvalue weighted by Crippen LogP contribution is -1.96. The van der Waals surface area contributed by atoms with Gasteiger partial charge in [0.15, 0.2) is 0 Å². The van der Waals surface area contributed by atoms with Gasteiger partial charge >= 0.3 is 0 Å². The minimum atomic E-state index is 0.0913. The summed E-state index contributed by atoms with van der Waals surface area (Å²) in [5.74, 6) is 2.31. The van der Waals surface area contributed by atoms with E-state index in [0.29, 0.717) is 5.92 Å². The highest BCUT2D eigenvalue weighted by molar-refractivity contribution is 5.35. The van der Waals surface area contributed by atoms with Crippen LogP contribution in [0.15, 0.2) is 4.42 Å². The smallest absolute Gasteiger partial charge is 0.109 e. The largest absolute Gasteiger partial charge is 0.466 e. The highest BCUT2D eigenvalue weighted by atomic mass is 16.3. The van der Waals surface area contributed by atoms with Gasteiger partial charge < -0.3 is 9.52 Å². The van der Waals surface area contributed by atoms with E-state index in [1.54, 1.807) is 0 Å². The number of aliphatic hydroxyl groups excluding tert-OH is 1. The Balaban J connectivity index is 3.22. The third-order valence-corrected chi connectivity index (χ3v) is 2.37. The molecule has 1 aromatic heterocycles. The maximum atomic E-state index is 9.23. The van der Waals surface area contributed by atoms with Crippen molar-refractivity contribution in [1.29, 1.82) is 0 Å². The van der Waals surface area contributed by atoms with Gasteiger partial charge in [-0.25, -0.2) is 0 Å². The van der Waals surface area contributed by atoms with Crippen LogP contribution in [0.3, 0.4) is 0 Å². The molecule has 2 nitrogen and oxygen atoms in total. The fourth-order valence-corrected chi connectivity index (χ4v) is 1.88. The Morgan fingerprint density at radius 3 is 2.38 bits per heavy atom. The molecule has 0 aliphatic heterocycles. The summed E-state index contributed by atoms with van der Waals surface area (Å²) in [7, 11) is 0. The average molecular weight is 182 g/mol. The Morgan fingerprint density at radius 1 is 1.38 bits per heavy atom. The van der Waals surface area contributed by atoms with Crippen LogP contribution in [0.1, 0.15) is 49.3 Å². The second-order valence-corrected chi connectivity index (χ2v) is 3.64. The first-order valence-corrected chi connectivity index (χ1v) is 4.83. The van der Waals surface area contributed by atoms with Crippen LogP contribution in [-0.2, 0) is 13.0 Å². The quantitative estimate of drug-likeness (QED) is 0.779. The lowest BCUT2D eigenvalue weighted by Gasteiger charge is -2.05. The van der Waals surface area contributed by atoms with Gasteiger partial charge in [0.05, 0.1) is 6.61 Å². The monoisotopic (exact) mass is 182 g/mol. The lowest BCUT2D eigenvalue weighted by molar-refractivity contribution is 0.277. The minimum absolute atomic E-state index is 0.0913. The molecule has 0 bridgehead atoms. The highest BCUT2D eigenvalue weighted by Crippen LogP contribution is 2.29. The fourth-order valence-electron chi connectivity index (χ4n) is 1.88. The third-order valence-electron chi connectivity index (χ3n) is 2.37. The van der Waals surface area contributed by atoms with Crippen LogP contribution >= 0.6 is 0 Å². The summed E-state index contributed by atoms with van der Waals surface area (Å²) in [4.78, 5) is 0. The molecule has 0 aliphatic rings. The van der Waals surface area contributed by atoms with Crippen LogP contribution in [0.25, 0.3) is 0 Å². The molecule has 1 rings (SSSR count). The normalized spacial score (nSPS) is 11.2. The van der Waals surface area contributed by atoms with Gasteiger partial charge in [-0.2, -0.15) is 0 Å². The summed E-state index contributed by atoms with van der Waals surface area (Å²) >= 11 is 0. The van der Waals surface area contributed by atoms with Crippen LogP contribution in [0, 0.1) is 6.92 Å². The van der Waals surface area contributed by atoms with Gasteiger partial charge in [0.1, 0.15) is 11.5 Å². The molecule has 1 N–H and O–H groups in total. The molecular formula is C11H18O2. The maximum Gasteiger partial charge on any atom is 0.109 e. The summed E-state index contributed by atoms with van der Waals surface area (Å²) in [6.07, 6.45) is 0.851. The van der Waals surface area contributed by atoms with Crippen LogP contribution in [0.5, 0.6) is 0 Å². The molecule has 0 saturated heterocycles. The Morgan fingerprint density at radius 2 is 2.00 bits per heavy atom. The number of furan rings is 1. The first-order chi connectivity index (χ1) is 6.11. The van der Waals surface area contributed by atoms with Crippen molar-refractivity contribution in [3.8, 4) is 0 Å². The van der Waals surface area contributed by atoms with E-state index in [2.05, 4.69) is 13.8 Å². The molecule has 1 aromatic rings. The molecule has 0 radical (unpaired) electrons. The number of rotatable bonds is 3. The van der Waals surface area contributed by atoms with E-state index in [-0.39, 0.29) is 6.61 Å². The van der Waals surface area contributed by atoms with Crippen molar-refractivity contribution in [2.24, 2.45) is 0 Å². The van der Waals surface area contributed by atoms with E-state index in [4.69, 9.17) is 4.42 Å². The van der Waals surface area contributed by atoms with Crippen molar-refractivity contribution in [2.45, 2.75) is 46.6 Å². The van der Waals surface area contributed by atoms with Gasteiger partial charge in [0.2, 0.25) is 0 Å². The van der Waals surface area contributed by atoms with Crippen LogP contribution in [-0.4, -0.2) is 5.11 Å². The van der Waals surface area contributed by atoms with Crippen LogP contribution < -0.4 is 0 Å². The van der Waals surface area contributed by atoms with Gasteiger partial charge in [-0.05, 0) is 12.8 Å². The zero-order valence-corrected chi connectivity index (χ0v) is 8.85. The van der Waals surface area contributed by atoms with Gasteiger partial charge in [-0.1, -0.05) is 20.8 Å². The van der Waals surface area contributed by atoms with E-state index < -0.39 is 0 Å². The number of hydrogen-bond donors (Lipinski definition) is 1. The van der Waals surface area contributed by atoms with Gasteiger partial charge in [-0.15, -0.1) is 0 Å². The molecule has 0 aromatic carbocycles. The van der Waals surface area contributed by atoms with Crippen molar-refractivity contribution in [3.63, 3.8) is 0 Å². The SMILES string of the molecule is CCc1oc(C)c(C(C)C)c1CO. The highest BCUT2D eigenvalue weighted by Gasteiger charge is 2.17. The van der Waals surface area contributed by atoms with E-state index in [1.165, 1.54) is 5.56 Å².